The van der Waals surface area contributed by atoms with Gasteiger partial charge in [0.15, 0.2) is 0 Å². The second kappa shape index (κ2) is 11.2. The Kier molecular flexibility index (Phi) is 7.86. The van der Waals surface area contributed by atoms with Crippen molar-refractivity contribution in [1.29, 1.82) is 0 Å². The van der Waals surface area contributed by atoms with Gasteiger partial charge in [-0.2, -0.15) is 0 Å². The molecule has 11 heteroatoms. The first-order chi connectivity index (χ1) is 17.0. The molecular formula is C24H28N6O4S. The van der Waals surface area contributed by atoms with Gasteiger partial charge in [-0.25, -0.2) is 0 Å². The van der Waals surface area contributed by atoms with Gasteiger partial charge in [0.2, 0.25) is 11.8 Å². The van der Waals surface area contributed by atoms with Crippen molar-refractivity contribution in [1.82, 2.24) is 15.1 Å². The topological polar surface area (TPSA) is 109 Å². The first-order valence-corrected chi connectivity index (χ1v) is 12.6. The first kappa shape index (κ1) is 24.5. The van der Waals surface area contributed by atoms with Gasteiger partial charge in [-0.3, -0.25) is 14.9 Å². The number of anilines is 2. The number of rotatable bonds is 9. The van der Waals surface area contributed by atoms with Crippen LogP contribution < -0.4 is 9.80 Å². The van der Waals surface area contributed by atoms with Crippen LogP contribution in [0.1, 0.15) is 13.8 Å². The second-order valence-corrected chi connectivity index (χ2v) is 8.95. The molecule has 0 bridgehead atoms. The zero-order valence-electron chi connectivity index (χ0n) is 19.8. The average molecular weight is 497 g/mol. The van der Waals surface area contributed by atoms with E-state index in [0.717, 1.165) is 30.0 Å². The van der Waals surface area contributed by atoms with E-state index in [1.165, 1.54) is 23.9 Å². The highest BCUT2D eigenvalue weighted by molar-refractivity contribution is 7.99. The van der Waals surface area contributed by atoms with Gasteiger partial charge in [0.1, 0.15) is 0 Å². The molecule has 2 aromatic carbocycles. The molecule has 0 spiro atoms. The predicted octanol–water partition coefficient (Wildman–Crippen LogP) is 3.93. The van der Waals surface area contributed by atoms with Gasteiger partial charge in [-0.05, 0) is 50.2 Å². The van der Waals surface area contributed by atoms with E-state index in [4.69, 9.17) is 4.42 Å². The molecule has 35 heavy (non-hydrogen) atoms. The monoisotopic (exact) mass is 496 g/mol. The Balaban J connectivity index is 1.26. The van der Waals surface area contributed by atoms with Crippen molar-refractivity contribution in [3.8, 4) is 11.5 Å². The molecule has 0 aliphatic carbocycles. The Morgan fingerprint density at radius 2 is 1.69 bits per heavy atom. The third-order valence-corrected chi connectivity index (χ3v) is 6.83. The molecule has 1 aliphatic rings. The van der Waals surface area contributed by atoms with Crippen LogP contribution in [0, 0.1) is 10.1 Å². The fourth-order valence-electron chi connectivity index (χ4n) is 4.00. The summed E-state index contributed by atoms with van der Waals surface area (Å²) in [6.07, 6.45) is 0. The number of nitro benzene ring substituents is 1. The zero-order valence-corrected chi connectivity index (χ0v) is 20.6. The van der Waals surface area contributed by atoms with Crippen LogP contribution in [0.3, 0.4) is 0 Å². The van der Waals surface area contributed by atoms with E-state index < -0.39 is 4.92 Å². The number of benzene rings is 2. The minimum absolute atomic E-state index is 0.0154. The van der Waals surface area contributed by atoms with E-state index in [2.05, 4.69) is 33.8 Å². The van der Waals surface area contributed by atoms with Crippen molar-refractivity contribution in [3.05, 3.63) is 58.6 Å². The summed E-state index contributed by atoms with van der Waals surface area (Å²) >= 11 is 1.24. The van der Waals surface area contributed by atoms with Gasteiger partial charge in [0.05, 0.1) is 10.7 Å². The van der Waals surface area contributed by atoms with E-state index >= 15 is 0 Å². The van der Waals surface area contributed by atoms with Gasteiger partial charge < -0.3 is 19.1 Å². The molecule has 3 aromatic rings. The fourth-order valence-corrected chi connectivity index (χ4v) is 4.67. The zero-order chi connectivity index (χ0) is 24.8. The molecule has 0 radical (unpaired) electrons. The summed E-state index contributed by atoms with van der Waals surface area (Å²) in [5.41, 5.74) is 2.97. The maximum absolute atomic E-state index is 12.7. The quantitative estimate of drug-likeness (QED) is 0.247. The molecule has 1 aliphatic heterocycles. The van der Waals surface area contributed by atoms with Crippen molar-refractivity contribution in [2.75, 3.05) is 54.8 Å². The number of carbonyl (C=O) groups excluding carboxylic acids is 1. The lowest BCUT2D eigenvalue weighted by Crippen LogP contribution is -2.49. The lowest BCUT2D eigenvalue weighted by Gasteiger charge is -2.36. The van der Waals surface area contributed by atoms with E-state index in [9.17, 15) is 14.9 Å². The van der Waals surface area contributed by atoms with E-state index in [1.807, 2.05) is 29.2 Å². The Hall–Kier alpha value is -3.60. The van der Waals surface area contributed by atoms with Crippen LogP contribution in [-0.4, -0.2) is 70.9 Å². The van der Waals surface area contributed by atoms with Crippen LogP contribution in [-0.2, 0) is 4.79 Å². The Morgan fingerprint density at radius 1 is 1.03 bits per heavy atom. The largest absolute Gasteiger partial charge is 0.411 e. The Labute approximate surface area is 208 Å². The number of aromatic nitrogens is 2. The molecule has 184 valence electrons. The summed E-state index contributed by atoms with van der Waals surface area (Å²) in [6.45, 7) is 8.65. The number of non-ortho nitro benzene ring substituents is 1. The molecule has 1 fully saturated rings. The number of nitrogens with zero attached hydrogens (tertiary/aromatic N) is 6. The van der Waals surface area contributed by atoms with Gasteiger partial charge in [0, 0.05) is 68.3 Å². The second-order valence-electron chi connectivity index (χ2n) is 8.02. The van der Waals surface area contributed by atoms with Gasteiger partial charge in [0.25, 0.3) is 10.9 Å². The number of piperazine rings is 1. The highest BCUT2D eigenvalue weighted by Crippen LogP contribution is 2.26. The van der Waals surface area contributed by atoms with Crippen molar-refractivity contribution in [2.45, 2.75) is 19.1 Å². The Morgan fingerprint density at radius 3 is 2.29 bits per heavy atom. The van der Waals surface area contributed by atoms with Crippen LogP contribution in [0.2, 0.25) is 0 Å². The minimum atomic E-state index is -0.409. The van der Waals surface area contributed by atoms with Crippen LogP contribution in [0.15, 0.2) is 58.2 Å². The summed E-state index contributed by atoms with van der Waals surface area (Å²) in [5.74, 6) is 0.671. The first-order valence-electron chi connectivity index (χ1n) is 11.6. The highest BCUT2D eigenvalue weighted by atomic mass is 32.2. The molecule has 0 N–H and O–H groups in total. The summed E-state index contributed by atoms with van der Waals surface area (Å²) in [6, 6.07) is 14.5. The van der Waals surface area contributed by atoms with Crippen LogP contribution in [0.25, 0.3) is 11.5 Å². The van der Waals surface area contributed by atoms with Crippen molar-refractivity contribution in [3.63, 3.8) is 0 Å². The molecule has 0 saturated carbocycles. The van der Waals surface area contributed by atoms with Crippen molar-refractivity contribution >= 4 is 34.7 Å². The van der Waals surface area contributed by atoms with Gasteiger partial charge in [-0.15, -0.1) is 10.2 Å². The van der Waals surface area contributed by atoms with Crippen LogP contribution in [0.4, 0.5) is 17.1 Å². The number of hydrogen-bond donors (Lipinski definition) is 0. The van der Waals surface area contributed by atoms with Crippen molar-refractivity contribution < 1.29 is 14.1 Å². The van der Waals surface area contributed by atoms with E-state index in [-0.39, 0.29) is 17.3 Å². The third-order valence-electron chi connectivity index (χ3n) is 6.03. The fraction of sp³-hybridized carbons (Fsp3) is 0.375. The summed E-state index contributed by atoms with van der Waals surface area (Å²) in [5, 5.41) is 19.4. The smallest absolute Gasteiger partial charge is 0.277 e. The van der Waals surface area contributed by atoms with Gasteiger partial charge in [-0.1, -0.05) is 11.8 Å². The average Bonchev–Trinajstić information content (AvgIpc) is 3.38. The summed E-state index contributed by atoms with van der Waals surface area (Å²) in [7, 11) is 0. The molecule has 2 heterocycles. The maximum Gasteiger partial charge on any atom is 0.277 e. The number of amides is 1. The highest BCUT2D eigenvalue weighted by Gasteiger charge is 2.22. The molecule has 0 unspecified atom stereocenters. The SMILES string of the molecule is CCN(CC)c1ccc(-c2nnc(SCC(=O)N3CCN(c4ccc([N+](=O)[O-])cc4)CC3)o2)cc1. The predicted molar refractivity (Wildman–Crippen MR) is 136 cm³/mol. The van der Waals surface area contributed by atoms with Crippen molar-refractivity contribution in [2.24, 2.45) is 0 Å². The maximum atomic E-state index is 12.7. The molecular weight excluding hydrogens is 468 g/mol. The number of nitro groups is 1. The standard InChI is InChI=1S/C24H28N6O4S/c1-3-27(4-2)19-7-5-18(6-8-19)23-25-26-24(34-23)35-17-22(31)29-15-13-28(14-16-29)20-9-11-21(12-10-20)30(32)33/h5-12H,3-4,13-17H2,1-2H3. The lowest BCUT2D eigenvalue weighted by molar-refractivity contribution is -0.384. The summed E-state index contributed by atoms with van der Waals surface area (Å²) < 4.78 is 5.76. The number of carbonyl (C=O) groups is 1. The lowest BCUT2D eigenvalue weighted by atomic mass is 10.2. The minimum Gasteiger partial charge on any atom is -0.411 e. The van der Waals surface area contributed by atoms with Gasteiger partial charge >= 0.3 is 0 Å². The number of thioether (sulfide) groups is 1. The molecule has 10 nitrogen and oxygen atoms in total. The molecule has 1 saturated heterocycles. The molecule has 4 rings (SSSR count). The Bertz CT molecular complexity index is 1140. The molecule has 1 aromatic heterocycles. The van der Waals surface area contributed by atoms with E-state index in [0.29, 0.717) is 37.3 Å². The van der Waals surface area contributed by atoms with Crippen LogP contribution in [0.5, 0.6) is 0 Å². The summed E-state index contributed by atoms with van der Waals surface area (Å²) in [4.78, 5) is 29.3. The van der Waals surface area contributed by atoms with E-state index in [1.54, 1.807) is 12.1 Å². The molecule has 0 atom stereocenters. The number of hydrogen-bond acceptors (Lipinski definition) is 9. The normalized spacial score (nSPS) is 13.7. The molecule has 1 amide bonds. The third kappa shape index (κ3) is 5.91. The van der Waals surface area contributed by atoms with Crippen LogP contribution >= 0.6 is 11.8 Å².